The second-order valence-electron chi connectivity index (χ2n) is 4.07. The third-order valence-electron chi connectivity index (χ3n) is 2.99. The van der Waals surface area contributed by atoms with E-state index in [1.54, 1.807) is 0 Å². The van der Waals surface area contributed by atoms with E-state index < -0.39 is 0 Å². The molecule has 1 aliphatic heterocycles. The SMILES string of the molecule is CCC1C(=O)NCCN1C(=N)C1CC1. The minimum atomic E-state index is -0.100. The molecule has 0 aromatic carbocycles. The first-order chi connectivity index (χ1) is 6.74. The Hall–Kier alpha value is -1.06. The van der Waals surface area contributed by atoms with Gasteiger partial charge in [-0.2, -0.15) is 0 Å². The van der Waals surface area contributed by atoms with Crippen molar-refractivity contribution in [2.45, 2.75) is 32.2 Å². The van der Waals surface area contributed by atoms with Crippen LogP contribution in [0.2, 0.25) is 0 Å². The van der Waals surface area contributed by atoms with Crippen molar-refractivity contribution in [3.8, 4) is 0 Å². The molecule has 0 aromatic rings. The van der Waals surface area contributed by atoms with Crippen molar-refractivity contribution >= 4 is 11.7 Å². The predicted molar refractivity (Wildman–Crippen MR) is 54.2 cm³/mol. The van der Waals surface area contributed by atoms with Gasteiger partial charge in [0.05, 0.1) is 5.84 Å². The van der Waals surface area contributed by atoms with E-state index >= 15 is 0 Å². The fraction of sp³-hybridized carbons (Fsp3) is 0.800. The summed E-state index contributed by atoms with van der Waals surface area (Å²) < 4.78 is 0. The molecule has 0 aromatic heterocycles. The third-order valence-corrected chi connectivity index (χ3v) is 2.99. The van der Waals surface area contributed by atoms with E-state index in [0.717, 1.165) is 25.8 Å². The molecular weight excluding hydrogens is 178 g/mol. The highest BCUT2D eigenvalue weighted by Gasteiger charge is 2.36. The van der Waals surface area contributed by atoms with Gasteiger partial charge in [0.15, 0.2) is 0 Å². The van der Waals surface area contributed by atoms with Crippen LogP contribution >= 0.6 is 0 Å². The molecule has 1 saturated carbocycles. The number of hydrogen-bond donors (Lipinski definition) is 2. The molecule has 14 heavy (non-hydrogen) atoms. The lowest BCUT2D eigenvalue weighted by molar-refractivity contribution is -0.127. The number of carbonyl (C=O) groups excluding carboxylic acids is 1. The van der Waals surface area contributed by atoms with Crippen molar-refractivity contribution in [1.29, 1.82) is 5.41 Å². The Kier molecular flexibility index (Phi) is 2.44. The Morgan fingerprint density at radius 3 is 2.93 bits per heavy atom. The average molecular weight is 195 g/mol. The third kappa shape index (κ3) is 1.61. The fourth-order valence-electron chi connectivity index (χ4n) is 2.00. The van der Waals surface area contributed by atoms with Gasteiger partial charge in [0.25, 0.3) is 0 Å². The summed E-state index contributed by atoms with van der Waals surface area (Å²) in [5.41, 5.74) is 0. The predicted octanol–water partition coefficient (Wildman–Crippen LogP) is 0.584. The molecule has 4 nitrogen and oxygen atoms in total. The standard InChI is InChI=1S/C10H17N3O/c1-2-8-10(14)12-5-6-13(8)9(11)7-3-4-7/h7-8,11H,2-6H2,1H3,(H,12,14). The Balaban J connectivity index is 2.06. The van der Waals surface area contributed by atoms with Gasteiger partial charge in [0, 0.05) is 19.0 Å². The maximum Gasteiger partial charge on any atom is 0.242 e. The van der Waals surface area contributed by atoms with E-state index in [-0.39, 0.29) is 11.9 Å². The normalized spacial score (nSPS) is 27.4. The maximum absolute atomic E-state index is 11.5. The Bertz CT molecular complexity index is 260. The molecule has 1 heterocycles. The molecule has 2 rings (SSSR count). The van der Waals surface area contributed by atoms with E-state index in [0.29, 0.717) is 18.3 Å². The van der Waals surface area contributed by atoms with E-state index in [4.69, 9.17) is 5.41 Å². The summed E-state index contributed by atoms with van der Waals surface area (Å²) in [6, 6.07) is -0.100. The van der Waals surface area contributed by atoms with E-state index in [1.165, 1.54) is 0 Å². The summed E-state index contributed by atoms with van der Waals surface area (Å²) in [6.07, 6.45) is 3.06. The fourth-order valence-corrected chi connectivity index (χ4v) is 2.00. The number of piperazine rings is 1. The first-order valence-electron chi connectivity index (χ1n) is 5.36. The monoisotopic (exact) mass is 195 g/mol. The van der Waals surface area contributed by atoms with Gasteiger partial charge in [-0.15, -0.1) is 0 Å². The van der Waals surface area contributed by atoms with Gasteiger partial charge in [-0.3, -0.25) is 10.2 Å². The first-order valence-corrected chi connectivity index (χ1v) is 5.36. The minimum absolute atomic E-state index is 0.0872. The Morgan fingerprint density at radius 1 is 1.64 bits per heavy atom. The van der Waals surface area contributed by atoms with Crippen molar-refractivity contribution in [3.63, 3.8) is 0 Å². The van der Waals surface area contributed by atoms with Crippen LogP contribution in [0.5, 0.6) is 0 Å². The summed E-state index contributed by atoms with van der Waals surface area (Å²) in [4.78, 5) is 13.5. The molecule has 0 radical (unpaired) electrons. The molecule has 2 N–H and O–H groups in total. The van der Waals surface area contributed by atoms with Crippen LogP contribution in [0.25, 0.3) is 0 Å². The van der Waals surface area contributed by atoms with Gasteiger partial charge in [-0.1, -0.05) is 6.92 Å². The summed E-state index contributed by atoms with van der Waals surface area (Å²) in [7, 11) is 0. The summed E-state index contributed by atoms with van der Waals surface area (Å²) in [5, 5.41) is 10.8. The second kappa shape index (κ2) is 3.59. The van der Waals surface area contributed by atoms with Crippen LogP contribution in [0.4, 0.5) is 0 Å². The molecule has 78 valence electrons. The molecular formula is C10H17N3O. The lowest BCUT2D eigenvalue weighted by atomic mass is 10.1. The van der Waals surface area contributed by atoms with Crippen molar-refractivity contribution in [2.24, 2.45) is 5.92 Å². The highest BCUT2D eigenvalue weighted by atomic mass is 16.2. The zero-order chi connectivity index (χ0) is 10.1. The molecule has 2 fully saturated rings. The minimum Gasteiger partial charge on any atom is -0.353 e. The van der Waals surface area contributed by atoms with E-state index in [9.17, 15) is 4.79 Å². The number of hydrogen-bond acceptors (Lipinski definition) is 2. The van der Waals surface area contributed by atoms with Crippen molar-refractivity contribution < 1.29 is 4.79 Å². The molecule has 1 aliphatic carbocycles. The Morgan fingerprint density at radius 2 is 2.36 bits per heavy atom. The second-order valence-corrected chi connectivity index (χ2v) is 4.07. The zero-order valence-electron chi connectivity index (χ0n) is 8.55. The van der Waals surface area contributed by atoms with Crippen LogP contribution in [-0.2, 0) is 4.79 Å². The number of amides is 1. The lowest BCUT2D eigenvalue weighted by Gasteiger charge is -2.36. The number of carbonyl (C=O) groups is 1. The average Bonchev–Trinajstić information content (AvgIpc) is 2.99. The molecule has 4 heteroatoms. The van der Waals surface area contributed by atoms with Crippen LogP contribution in [0.1, 0.15) is 26.2 Å². The zero-order valence-corrected chi connectivity index (χ0v) is 8.55. The van der Waals surface area contributed by atoms with Crippen LogP contribution in [0.3, 0.4) is 0 Å². The molecule has 1 atom stereocenters. The highest BCUT2D eigenvalue weighted by molar-refractivity contribution is 5.91. The molecule has 2 aliphatic rings. The smallest absolute Gasteiger partial charge is 0.242 e. The van der Waals surface area contributed by atoms with Gasteiger partial charge in [-0.25, -0.2) is 0 Å². The maximum atomic E-state index is 11.5. The summed E-state index contributed by atoms with van der Waals surface area (Å²) in [5.74, 6) is 1.21. The molecule has 0 bridgehead atoms. The van der Waals surface area contributed by atoms with Crippen LogP contribution in [0, 0.1) is 11.3 Å². The lowest BCUT2D eigenvalue weighted by Crippen LogP contribution is -2.57. The van der Waals surface area contributed by atoms with Crippen LogP contribution in [0.15, 0.2) is 0 Å². The summed E-state index contributed by atoms with van der Waals surface area (Å²) in [6.45, 7) is 3.49. The quantitative estimate of drug-likeness (QED) is 0.500. The molecule has 1 unspecified atom stereocenters. The van der Waals surface area contributed by atoms with Gasteiger partial charge in [-0.05, 0) is 19.3 Å². The first kappa shape index (κ1) is 9.49. The van der Waals surface area contributed by atoms with E-state index in [1.807, 2.05) is 11.8 Å². The van der Waals surface area contributed by atoms with Crippen molar-refractivity contribution in [3.05, 3.63) is 0 Å². The topological polar surface area (TPSA) is 56.2 Å². The molecule has 1 saturated heterocycles. The Labute approximate surface area is 84.2 Å². The van der Waals surface area contributed by atoms with E-state index in [2.05, 4.69) is 5.32 Å². The highest BCUT2D eigenvalue weighted by Crippen LogP contribution is 2.32. The number of nitrogens with one attached hydrogen (secondary N) is 2. The van der Waals surface area contributed by atoms with Gasteiger partial charge in [0.2, 0.25) is 5.91 Å². The molecule has 0 spiro atoms. The number of nitrogens with zero attached hydrogens (tertiary/aromatic N) is 1. The van der Waals surface area contributed by atoms with Gasteiger partial charge >= 0.3 is 0 Å². The summed E-state index contributed by atoms with van der Waals surface area (Å²) >= 11 is 0. The molecule has 1 amide bonds. The number of amidine groups is 1. The van der Waals surface area contributed by atoms with Crippen LogP contribution in [-0.4, -0.2) is 35.8 Å². The van der Waals surface area contributed by atoms with Gasteiger partial charge < -0.3 is 10.2 Å². The number of rotatable bonds is 2. The van der Waals surface area contributed by atoms with Crippen molar-refractivity contribution in [2.75, 3.05) is 13.1 Å². The largest absolute Gasteiger partial charge is 0.353 e. The van der Waals surface area contributed by atoms with Crippen molar-refractivity contribution in [1.82, 2.24) is 10.2 Å². The van der Waals surface area contributed by atoms with Crippen LogP contribution < -0.4 is 5.32 Å². The van der Waals surface area contributed by atoms with Gasteiger partial charge in [0.1, 0.15) is 6.04 Å².